The van der Waals surface area contributed by atoms with Crippen LogP contribution >= 0.6 is 0 Å². The zero-order valence-electron chi connectivity index (χ0n) is 16.2. The Bertz CT molecular complexity index is 625. The molecule has 0 heterocycles. The van der Waals surface area contributed by atoms with Crippen molar-refractivity contribution in [1.82, 2.24) is 0 Å². The minimum atomic E-state index is -4.31. The van der Waals surface area contributed by atoms with E-state index in [0.29, 0.717) is 5.75 Å². The van der Waals surface area contributed by atoms with Crippen LogP contribution in [0.4, 0.5) is 0 Å². The maximum Gasteiger partial charge on any atom is 0.306 e. The van der Waals surface area contributed by atoms with E-state index in [1.165, 1.54) is 13.3 Å². The van der Waals surface area contributed by atoms with Gasteiger partial charge in [0.15, 0.2) is 0 Å². The zero-order chi connectivity index (χ0) is 18.9. The van der Waals surface area contributed by atoms with Crippen molar-refractivity contribution >= 4 is 10.1 Å². The Hall–Kier alpha value is -1.07. The quantitative estimate of drug-likeness (QED) is 0.387. The molecule has 1 unspecified atom stereocenters. The van der Waals surface area contributed by atoms with E-state index in [0.717, 1.165) is 56.1 Å². The van der Waals surface area contributed by atoms with Crippen LogP contribution in [0.5, 0.6) is 5.75 Å². The second-order valence-electron chi connectivity index (χ2n) is 6.92. The average Bonchev–Trinajstić information content (AvgIpc) is 2.56. The molecular weight excluding hydrogens is 336 g/mol. The molecule has 0 aliphatic carbocycles. The molecule has 0 saturated heterocycles. The highest BCUT2D eigenvalue weighted by Crippen LogP contribution is 2.31. The zero-order valence-corrected chi connectivity index (χ0v) is 17.0. The fourth-order valence-electron chi connectivity index (χ4n) is 2.74. The number of ether oxygens (including phenoxy) is 1. The van der Waals surface area contributed by atoms with E-state index in [9.17, 15) is 13.0 Å². The first kappa shape index (κ1) is 22.0. The van der Waals surface area contributed by atoms with Crippen molar-refractivity contribution in [3.63, 3.8) is 0 Å². The summed E-state index contributed by atoms with van der Waals surface area (Å²) >= 11 is 0. The lowest BCUT2D eigenvalue weighted by atomic mass is 10.0. The fraction of sp³-hybridized carbons (Fsp3) is 0.700. The molecule has 1 aromatic rings. The summed E-state index contributed by atoms with van der Waals surface area (Å²) in [5.41, 5.74) is 2.16. The van der Waals surface area contributed by atoms with Crippen LogP contribution in [-0.2, 0) is 23.0 Å². The predicted octanol–water partition coefficient (Wildman–Crippen LogP) is 5.54. The summed E-state index contributed by atoms with van der Waals surface area (Å²) in [4.78, 5) is -1.62. The summed E-state index contributed by atoms with van der Waals surface area (Å²) in [6.07, 6.45) is 8.72. The molecule has 1 N–H and O–H groups in total. The predicted molar refractivity (Wildman–Crippen MR) is 104 cm³/mol. The first-order valence-electron chi connectivity index (χ1n) is 9.55. The van der Waals surface area contributed by atoms with Gasteiger partial charge in [0.25, 0.3) is 0 Å². The highest BCUT2D eigenvalue weighted by Gasteiger charge is 2.39. The molecule has 0 radical (unpaired) electrons. The number of rotatable bonds is 12. The normalized spacial score (nSPS) is 14.3. The molecule has 0 fully saturated rings. The van der Waals surface area contributed by atoms with Crippen molar-refractivity contribution in [2.75, 3.05) is 0 Å². The lowest BCUT2D eigenvalue weighted by molar-refractivity contribution is 0.153. The molecule has 0 aliphatic heterocycles. The van der Waals surface area contributed by atoms with Gasteiger partial charge in [-0.25, -0.2) is 0 Å². The molecule has 144 valence electrons. The van der Waals surface area contributed by atoms with Crippen molar-refractivity contribution in [3.05, 3.63) is 29.3 Å². The smallest absolute Gasteiger partial charge is 0.306 e. The van der Waals surface area contributed by atoms with E-state index in [1.54, 1.807) is 6.92 Å². The Morgan fingerprint density at radius 2 is 1.60 bits per heavy atom. The maximum absolute atomic E-state index is 11.8. The van der Waals surface area contributed by atoms with Crippen LogP contribution in [0, 0.1) is 0 Å². The van der Waals surface area contributed by atoms with E-state index in [4.69, 9.17) is 4.74 Å². The van der Waals surface area contributed by atoms with Crippen molar-refractivity contribution < 1.29 is 17.7 Å². The molecule has 0 aliphatic rings. The van der Waals surface area contributed by atoms with Gasteiger partial charge in [0.1, 0.15) is 5.75 Å². The molecule has 1 aromatic carbocycles. The van der Waals surface area contributed by atoms with Crippen LogP contribution in [0.25, 0.3) is 0 Å². The van der Waals surface area contributed by atoms with Crippen LogP contribution in [0.3, 0.4) is 0 Å². The van der Waals surface area contributed by atoms with Crippen LogP contribution < -0.4 is 4.74 Å². The van der Waals surface area contributed by atoms with Crippen LogP contribution in [0.1, 0.15) is 83.8 Å². The summed E-state index contributed by atoms with van der Waals surface area (Å²) in [6.45, 7) is 7.46. The standard InChI is InChI=1S/C20H34O4S/c1-5-8-10-12-17-14-15-18(13-11-9-6-2)19(16-17)24-20(4,7-3)25(21,22)23/h14-16H,5-13H2,1-4H3,(H,21,22,23). The van der Waals surface area contributed by atoms with Gasteiger partial charge in [-0.2, -0.15) is 8.42 Å². The van der Waals surface area contributed by atoms with E-state index in [1.807, 2.05) is 12.1 Å². The summed E-state index contributed by atoms with van der Waals surface area (Å²) in [5, 5.41) is 0. The van der Waals surface area contributed by atoms with Crippen LogP contribution in [0.2, 0.25) is 0 Å². The largest absolute Gasteiger partial charge is 0.469 e. The Kier molecular flexibility index (Phi) is 8.94. The molecule has 0 amide bonds. The maximum atomic E-state index is 11.8. The number of benzene rings is 1. The van der Waals surface area contributed by atoms with E-state index in [2.05, 4.69) is 19.9 Å². The second kappa shape index (κ2) is 10.2. The molecule has 0 bridgehead atoms. The van der Waals surface area contributed by atoms with Gasteiger partial charge in [0.05, 0.1) is 0 Å². The number of unbranched alkanes of at least 4 members (excludes halogenated alkanes) is 4. The van der Waals surface area contributed by atoms with Gasteiger partial charge < -0.3 is 4.74 Å². The summed E-state index contributed by atoms with van der Waals surface area (Å²) in [7, 11) is -4.31. The number of hydrogen-bond acceptors (Lipinski definition) is 3. The van der Waals surface area contributed by atoms with Crippen LogP contribution in [-0.4, -0.2) is 17.9 Å². The van der Waals surface area contributed by atoms with E-state index < -0.39 is 15.1 Å². The third kappa shape index (κ3) is 6.63. The molecule has 0 spiro atoms. The number of hydrogen-bond donors (Lipinski definition) is 1. The third-order valence-corrected chi connectivity index (χ3v) is 6.23. The molecule has 25 heavy (non-hydrogen) atoms. The van der Waals surface area contributed by atoms with Gasteiger partial charge in [0.2, 0.25) is 4.93 Å². The highest BCUT2D eigenvalue weighted by molar-refractivity contribution is 7.87. The molecule has 1 rings (SSSR count). The summed E-state index contributed by atoms with van der Waals surface area (Å²) in [5.74, 6) is 0.590. The van der Waals surface area contributed by atoms with Crippen molar-refractivity contribution in [2.24, 2.45) is 0 Å². The van der Waals surface area contributed by atoms with Crippen molar-refractivity contribution in [2.45, 2.75) is 90.4 Å². The summed E-state index contributed by atoms with van der Waals surface area (Å²) in [6, 6.07) is 6.11. The van der Waals surface area contributed by atoms with Gasteiger partial charge in [0, 0.05) is 6.42 Å². The Labute approximate surface area is 153 Å². The van der Waals surface area contributed by atoms with Crippen molar-refractivity contribution in [1.29, 1.82) is 0 Å². The number of aryl methyl sites for hydroxylation is 2. The Balaban J connectivity index is 3.09. The SMILES string of the molecule is CCCCCc1ccc(CCCCC)c(OC(C)(CC)S(=O)(=O)O)c1. The van der Waals surface area contributed by atoms with Crippen molar-refractivity contribution in [3.8, 4) is 5.75 Å². The Morgan fingerprint density at radius 3 is 2.12 bits per heavy atom. The molecule has 5 heteroatoms. The lowest BCUT2D eigenvalue weighted by Crippen LogP contribution is -2.40. The highest BCUT2D eigenvalue weighted by atomic mass is 32.2. The van der Waals surface area contributed by atoms with Gasteiger partial charge in [-0.05, 0) is 49.8 Å². The minimum Gasteiger partial charge on any atom is -0.469 e. The van der Waals surface area contributed by atoms with Gasteiger partial charge in [-0.3, -0.25) is 4.55 Å². The van der Waals surface area contributed by atoms with Crippen LogP contribution in [0.15, 0.2) is 18.2 Å². The lowest BCUT2D eigenvalue weighted by Gasteiger charge is -2.28. The molecule has 4 nitrogen and oxygen atoms in total. The van der Waals surface area contributed by atoms with Gasteiger partial charge in [-0.1, -0.05) is 58.6 Å². The fourth-order valence-corrected chi connectivity index (χ4v) is 3.30. The minimum absolute atomic E-state index is 0.181. The van der Waals surface area contributed by atoms with E-state index in [-0.39, 0.29) is 6.42 Å². The second-order valence-corrected chi connectivity index (χ2v) is 8.73. The molecular formula is C20H34O4S. The first-order valence-corrected chi connectivity index (χ1v) is 11.0. The van der Waals surface area contributed by atoms with E-state index >= 15 is 0 Å². The van der Waals surface area contributed by atoms with Gasteiger partial charge in [-0.15, -0.1) is 0 Å². The Morgan fingerprint density at radius 1 is 1.00 bits per heavy atom. The first-order chi connectivity index (χ1) is 11.8. The molecule has 1 atom stereocenters. The molecule has 0 aromatic heterocycles. The van der Waals surface area contributed by atoms with Gasteiger partial charge >= 0.3 is 10.1 Å². The average molecular weight is 371 g/mol. The summed E-state index contributed by atoms with van der Waals surface area (Å²) < 4.78 is 39.1. The monoisotopic (exact) mass is 370 g/mol. The molecule has 0 saturated carbocycles. The third-order valence-electron chi connectivity index (χ3n) is 4.76. The topological polar surface area (TPSA) is 63.6 Å².